The molecule has 0 radical (unpaired) electrons. The number of hydrogen-bond acceptors (Lipinski definition) is 2. The van der Waals surface area contributed by atoms with Crippen molar-refractivity contribution in [2.45, 2.75) is 0 Å². The highest BCUT2D eigenvalue weighted by Gasteiger charge is 1.86. The van der Waals surface area contributed by atoms with Gasteiger partial charge in [-0.05, 0) is 11.6 Å². The Morgan fingerprint density at radius 1 is 1.06 bits per heavy atom. The van der Waals surface area contributed by atoms with Gasteiger partial charge in [0.15, 0.2) is 5.78 Å². The van der Waals surface area contributed by atoms with Gasteiger partial charge in [0.05, 0.1) is 0 Å². The van der Waals surface area contributed by atoms with Gasteiger partial charge in [-0.2, -0.15) is 0 Å². The second kappa shape index (κ2) is 7.23. The maximum Gasteiger partial charge on any atom is 0.180 e. The van der Waals surface area contributed by atoms with Gasteiger partial charge < -0.3 is 4.90 Å². The summed E-state index contributed by atoms with van der Waals surface area (Å²) in [6.45, 7) is 0. The van der Waals surface area contributed by atoms with E-state index in [9.17, 15) is 4.79 Å². The maximum atomic E-state index is 11.3. The SMILES string of the molecule is CN(C)C=CC(=O)C=CC=Cc1ccccc1. The van der Waals surface area contributed by atoms with E-state index in [0.29, 0.717) is 0 Å². The summed E-state index contributed by atoms with van der Waals surface area (Å²) in [6.07, 6.45) is 10.4. The minimum atomic E-state index is -0.0172. The highest BCUT2D eigenvalue weighted by atomic mass is 16.1. The standard InChI is InChI=1S/C15H17NO/c1-16(2)13-12-15(17)11-7-6-10-14-8-4-3-5-9-14/h3-13H,1-2H3. The van der Waals surface area contributed by atoms with Crippen molar-refractivity contribution in [2.75, 3.05) is 14.1 Å². The molecular formula is C15H17NO. The molecule has 1 rings (SSSR count). The molecule has 88 valence electrons. The summed E-state index contributed by atoms with van der Waals surface area (Å²) in [7, 11) is 3.76. The molecule has 1 aromatic rings. The minimum absolute atomic E-state index is 0.0172. The Morgan fingerprint density at radius 3 is 2.41 bits per heavy atom. The molecule has 0 N–H and O–H groups in total. The highest BCUT2D eigenvalue weighted by molar-refractivity contribution is 5.99. The maximum absolute atomic E-state index is 11.3. The van der Waals surface area contributed by atoms with Crippen LogP contribution >= 0.6 is 0 Å². The van der Waals surface area contributed by atoms with Gasteiger partial charge in [-0.15, -0.1) is 0 Å². The van der Waals surface area contributed by atoms with Crippen molar-refractivity contribution < 1.29 is 4.79 Å². The van der Waals surface area contributed by atoms with E-state index in [1.807, 2.05) is 61.5 Å². The Kier molecular flexibility index (Phi) is 5.52. The average molecular weight is 227 g/mol. The van der Waals surface area contributed by atoms with E-state index in [1.165, 1.54) is 6.08 Å². The quantitative estimate of drug-likeness (QED) is 0.569. The zero-order valence-electron chi connectivity index (χ0n) is 10.2. The molecule has 0 unspecified atom stereocenters. The molecule has 0 fully saturated rings. The molecule has 0 aromatic heterocycles. The van der Waals surface area contributed by atoms with Crippen LogP contribution in [-0.2, 0) is 4.79 Å². The first-order chi connectivity index (χ1) is 8.18. The molecule has 0 aliphatic carbocycles. The summed E-state index contributed by atoms with van der Waals surface area (Å²) >= 11 is 0. The van der Waals surface area contributed by atoms with Crippen LogP contribution in [-0.4, -0.2) is 24.8 Å². The Hall–Kier alpha value is -2.09. The monoisotopic (exact) mass is 227 g/mol. The molecule has 0 spiro atoms. The highest BCUT2D eigenvalue weighted by Crippen LogP contribution is 2.00. The van der Waals surface area contributed by atoms with Gasteiger partial charge in [0.25, 0.3) is 0 Å². The van der Waals surface area contributed by atoms with Gasteiger partial charge in [-0.3, -0.25) is 4.79 Å². The van der Waals surface area contributed by atoms with Crippen LogP contribution in [0.4, 0.5) is 0 Å². The molecule has 0 saturated carbocycles. The van der Waals surface area contributed by atoms with Crippen LogP contribution in [0.2, 0.25) is 0 Å². The predicted molar refractivity (Wildman–Crippen MR) is 72.5 cm³/mol. The van der Waals surface area contributed by atoms with Crippen LogP contribution in [0.3, 0.4) is 0 Å². The molecule has 1 aromatic carbocycles. The first-order valence-corrected chi connectivity index (χ1v) is 5.47. The van der Waals surface area contributed by atoms with Crippen molar-refractivity contribution in [1.29, 1.82) is 0 Å². The number of nitrogens with zero attached hydrogens (tertiary/aromatic N) is 1. The fraction of sp³-hybridized carbons (Fsp3) is 0.133. The van der Waals surface area contributed by atoms with Gasteiger partial charge in [0.1, 0.15) is 0 Å². The Balaban J connectivity index is 2.45. The number of rotatable bonds is 5. The molecule has 2 nitrogen and oxygen atoms in total. The van der Waals surface area contributed by atoms with Crippen molar-refractivity contribution >= 4 is 11.9 Å². The lowest BCUT2D eigenvalue weighted by molar-refractivity contribution is -0.110. The normalized spacial score (nSPS) is 11.6. The van der Waals surface area contributed by atoms with E-state index in [4.69, 9.17) is 0 Å². The van der Waals surface area contributed by atoms with Gasteiger partial charge >= 0.3 is 0 Å². The van der Waals surface area contributed by atoms with Crippen LogP contribution < -0.4 is 0 Å². The van der Waals surface area contributed by atoms with Crippen LogP contribution in [0.5, 0.6) is 0 Å². The van der Waals surface area contributed by atoms with Crippen LogP contribution in [0.1, 0.15) is 5.56 Å². The lowest BCUT2D eigenvalue weighted by atomic mass is 10.2. The summed E-state index contributed by atoms with van der Waals surface area (Å²) in [5.74, 6) is -0.0172. The number of carbonyl (C=O) groups excluding carboxylic acids is 1. The molecule has 0 heterocycles. The molecule has 0 saturated heterocycles. The van der Waals surface area contributed by atoms with E-state index >= 15 is 0 Å². The first kappa shape index (κ1) is 13.0. The predicted octanol–water partition coefficient (Wildman–Crippen LogP) is 2.90. The average Bonchev–Trinajstić information content (AvgIpc) is 2.33. The molecule has 0 atom stereocenters. The minimum Gasteiger partial charge on any atom is -0.383 e. The van der Waals surface area contributed by atoms with Gasteiger partial charge in [-0.1, -0.05) is 48.6 Å². The fourth-order valence-electron chi connectivity index (χ4n) is 1.16. The van der Waals surface area contributed by atoms with Crippen LogP contribution in [0.15, 0.2) is 60.8 Å². The Bertz CT molecular complexity index is 427. The van der Waals surface area contributed by atoms with E-state index in [2.05, 4.69) is 0 Å². The summed E-state index contributed by atoms with van der Waals surface area (Å²) < 4.78 is 0. The lowest BCUT2D eigenvalue weighted by Gasteiger charge is -2.00. The zero-order chi connectivity index (χ0) is 12.5. The topological polar surface area (TPSA) is 20.3 Å². The first-order valence-electron chi connectivity index (χ1n) is 5.47. The number of hydrogen-bond donors (Lipinski definition) is 0. The zero-order valence-corrected chi connectivity index (χ0v) is 10.2. The van der Waals surface area contributed by atoms with Crippen molar-refractivity contribution in [1.82, 2.24) is 4.90 Å². The van der Waals surface area contributed by atoms with Gasteiger partial charge in [-0.25, -0.2) is 0 Å². The van der Waals surface area contributed by atoms with Crippen molar-refractivity contribution in [3.63, 3.8) is 0 Å². The van der Waals surface area contributed by atoms with E-state index in [1.54, 1.807) is 18.4 Å². The van der Waals surface area contributed by atoms with E-state index in [-0.39, 0.29) is 5.78 Å². The van der Waals surface area contributed by atoms with Crippen molar-refractivity contribution in [3.8, 4) is 0 Å². The van der Waals surface area contributed by atoms with E-state index in [0.717, 1.165) is 5.56 Å². The molecule has 0 bridgehead atoms. The van der Waals surface area contributed by atoms with Crippen molar-refractivity contribution in [3.05, 3.63) is 66.4 Å². The third-order valence-corrected chi connectivity index (χ3v) is 2.00. The van der Waals surface area contributed by atoms with E-state index < -0.39 is 0 Å². The fourth-order valence-corrected chi connectivity index (χ4v) is 1.16. The molecule has 0 amide bonds. The van der Waals surface area contributed by atoms with Gasteiger partial charge in [0, 0.05) is 26.4 Å². The Labute approximate surface area is 103 Å². The molecule has 0 aliphatic heterocycles. The lowest BCUT2D eigenvalue weighted by Crippen LogP contribution is -2.01. The number of ketones is 1. The summed E-state index contributed by atoms with van der Waals surface area (Å²) in [5, 5.41) is 0. The smallest absolute Gasteiger partial charge is 0.180 e. The van der Waals surface area contributed by atoms with Crippen LogP contribution in [0, 0.1) is 0 Å². The Morgan fingerprint density at radius 2 is 1.76 bits per heavy atom. The summed E-state index contributed by atoms with van der Waals surface area (Å²) in [4.78, 5) is 13.1. The molecular weight excluding hydrogens is 210 g/mol. The summed E-state index contributed by atoms with van der Waals surface area (Å²) in [6, 6.07) is 9.96. The molecule has 2 heteroatoms. The van der Waals surface area contributed by atoms with Gasteiger partial charge in [0.2, 0.25) is 0 Å². The number of allylic oxidation sites excluding steroid dienone is 4. The summed E-state index contributed by atoms with van der Waals surface area (Å²) in [5.41, 5.74) is 1.12. The van der Waals surface area contributed by atoms with Crippen LogP contribution in [0.25, 0.3) is 6.08 Å². The molecule has 17 heavy (non-hydrogen) atoms. The van der Waals surface area contributed by atoms with Crippen molar-refractivity contribution in [2.24, 2.45) is 0 Å². The third kappa shape index (κ3) is 6.15. The number of benzene rings is 1. The third-order valence-electron chi connectivity index (χ3n) is 2.00. The second-order valence-electron chi connectivity index (χ2n) is 3.81. The molecule has 0 aliphatic rings. The largest absolute Gasteiger partial charge is 0.383 e. The second-order valence-corrected chi connectivity index (χ2v) is 3.81. The number of carbonyl (C=O) groups is 1.